The Hall–Kier alpha value is -3.26. The van der Waals surface area contributed by atoms with Crippen LogP contribution in [0.2, 0.25) is 5.02 Å². The van der Waals surface area contributed by atoms with Gasteiger partial charge < -0.3 is 4.89 Å². The molecule has 2 N–H and O–H groups in total. The Balaban J connectivity index is 1.36. The largest absolute Gasteiger partial charge is 0.314 e. The molecule has 0 bridgehead atoms. The van der Waals surface area contributed by atoms with E-state index in [2.05, 4.69) is 52.2 Å². The molecule has 0 aliphatic heterocycles. The third kappa shape index (κ3) is 4.68. The van der Waals surface area contributed by atoms with E-state index in [1.165, 1.54) is 11.3 Å². The molecule has 0 spiro atoms. The van der Waals surface area contributed by atoms with Crippen molar-refractivity contribution < 1.29 is 9.78 Å². The quantitative estimate of drug-likeness (QED) is 0.0839. The Morgan fingerprint density at radius 3 is 1.88 bits per heavy atom. The fourth-order valence-corrected chi connectivity index (χ4v) is 4.90. The van der Waals surface area contributed by atoms with Crippen LogP contribution < -0.4 is 15.7 Å². The summed E-state index contributed by atoms with van der Waals surface area (Å²) in [7, 11) is 0. The first-order valence-electron chi connectivity index (χ1n) is 10.8. The van der Waals surface area contributed by atoms with Crippen molar-refractivity contribution in [2.24, 2.45) is 0 Å². The zero-order chi connectivity index (χ0) is 23.2. The minimum atomic E-state index is -0.653. The zero-order valence-electron chi connectivity index (χ0n) is 18.1. The minimum Gasteiger partial charge on any atom is -0.304 e. The molecule has 1 aromatic heterocycles. The van der Waals surface area contributed by atoms with Gasteiger partial charge in [0.1, 0.15) is 5.54 Å². The molecule has 4 aromatic carbocycles. The van der Waals surface area contributed by atoms with Crippen LogP contribution in [0.25, 0.3) is 10.2 Å². The molecule has 170 valence electrons. The lowest BCUT2D eigenvalue weighted by Gasteiger charge is -2.37. The van der Waals surface area contributed by atoms with E-state index in [1.807, 2.05) is 66.7 Å². The summed E-state index contributed by atoms with van der Waals surface area (Å²) >= 11 is 7.44. The van der Waals surface area contributed by atoms with Gasteiger partial charge in [-0.2, -0.15) is 9.87 Å². The highest BCUT2D eigenvalue weighted by molar-refractivity contribution is 7.20. The first kappa shape index (κ1) is 22.5. The summed E-state index contributed by atoms with van der Waals surface area (Å²) in [5, 5.41) is 1.05. The molecular formula is C27H22ClN3O2S. The normalized spacial score (nSPS) is 11.6. The van der Waals surface area contributed by atoms with Gasteiger partial charge in [0.05, 0.1) is 10.2 Å². The minimum absolute atomic E-state index is 0.0882. The third-order valence-corrected chi connectivity index (χ3v) is 6.62. The molecule has 0 saturated heterocycles. The topological polar surface area (TPSA) is 55.4 Å². The van der Waals surface area contributed by atoms with Crippen LogP contribution in [0, 0.1) is 0 Å². The van der Waals surface area contributed by atoms with Gasteiger partial charge in [-0.1, -0.05) is 114 Å². The monoisotopic (exact) mass is 487 g/mol. The van der Waals surface area contributed by atoms with E-state index in [0.717, 1.165) is 26.9 Å². The third-order valence-electron chi connectivity index (χ3n) is 5.49. The molecule has 1 heterocycles. The number of hydrazine groups is 1. The van der Waals surface area contributed by atoms with Crippen molar-refractivity contribution in [2.45, 2.75) is 5.54 Å². The highest BCUT2D eigenvalue weighted by Gasteiger charge is 2.35. The van der Waals surface area contributed by atoms with E-state index in [4.69, 9.17) is 21.4 Å². The fourth-order valence-electron chi connectivity index (χ4n) is 3.97. The Labute approximate surface area is 206 Å². The SMILES string of the molecule is Clc1ccc2sc(OOCNNC(c3ccccc3)(c3ccccc3)c3ccccc3)nc2c1. The molecule has 0 aliphatic rings. The zero-order valence-corrected chi connectivity index (χ0v) is 19.7. The molecule has 0 atom stereocenters. The first-order valence-corrected chi connectivity index (χ1v) is 12.0. The predicted octanol–water partition coefficient (Wildman–Crippen LogP) is 6.30. The molecule has 0 unspecified atom stereocenters. The number of halogens is 1. The molecule has 0 amide bonds. The van der Waals surface area contributed by atoms with Gasteiger partial charge in [-0.3, -0.25) is 0 Å². The average molecular weight is 488 g/mol. The Morgan fingerprint density at radius 1 is 0.765 bits per heavy atom. The second-order valence-electron chi connectivity index (χ2n) is 7.59. The van der Waals surface area contributed by atoms with Gasteiger partial charge in [-0.05, 0) is 34.9 Å². The van der Waals surface area contributed by atoms with Crippen LogP contribution in [-0.4, -0.2) is 11.7 Å². The molecule has 7 heteroatoms. The lowest BCUT2D eigenvalue weighted by Crippen LogP contribution is -2.52. The summed E-state index contributed by atoms with van der Waals surface area (Å²) in [6.07, 6.45) is 0. The molecule has 34 heavy (non-hydrogen) atoms. The highest BCUT2D eigenvalue weighted by atomic mass is 35.5. The number of benzene rings is 4. The molecule has 0 radical (unpaired) electrons. The first-order chi connectivity index (χ1) is 16.8. The molecule has 0 saturated carbocycles. The van der Waals surface area contributed by atoms with Crippen molar-refractivity contribution >= 4 is 33.2 Å². The second-order valence-corrected chi connectivity index (χ2v) is 9.02. The summed E-state index contributed by atoms with van der Waals surface area (Å²) < 4.78 is 0.977. The van der Waals surface area contributed by atoms with Crippen molar-refractivity contribution in [1.82, 2.24) is 15.8 Å². The van der Waals surface area contributed by atoms with Crippen LogP contribution in [-0.2, 0) is 10.4 Å². The van der Waals surface area contributed by atoms with Crippen molar-refractivity contribution in [2.75, 3.05) is 6.73 Å². The van der Waals surface area contributed by atoms with E-state index in [1.54, 1.807) is 6.07 Å². The lowest BCUT2D eigenvalue weighted by molar-refractivity contribution is -0.215. The number of thiazole rings is 1. The Bertz CT molecular complexity index is 1250. The van der Waals surface area contributed by atoms with Crippen LogP contribution in [0.4, 0.5) is 0 Å². The van der Waals surface area contributed by atoms with Crippen LogP contribution in [0.3, 0.4) is 0 Å². The van der Waals surface area contributed by atoms with Crippen molar-refractivity contribution in [1.29, 1.82) is 0 Å². The van der Waals surface area contributed by atoms with E-state index in [9.17, 15) is 0 Å². The Kier molecular flexibility index (Phi) is 6.85. The van der Waals surface area contributed by atoms with Gasteiger partial charge in [0.15, 0.2) is 6.73 Å². The number of nitrogens with one attached hydrogen (secondary N) is 2. The van der Waals surface area contributed by atoms with Crippen molar-refractivity contribution in [3.63, 3.8) is 0 Å². The van der Waals surface area contributed by atoms with Gasteiger partial charge >= 0.3 is 5.19 Å². The predicted molar refractivity (Wildman–Crippen MR) is 137 cm³/mol. The van der Waals surface area contributed by atoms with Gasteiger partial charge in [-0.15, -0.1) is 0 Å². The van der Waals surface area contributed by atoms with Crippen LogP contribution >= 0.6 is 22.9 Å². The highest BCUT2D eigenvalue weighted by Crippen LogP contribution is 2.36. The fraction of sp³-hybridized carbons (Fsp3) is 0.0741. The summed E-state index contributed by atoms with van der Waals surface area (Å²) in [4.78, 5) is 15.2. The maximum absolute atomic E-state index is 6.04. The van der Waals surface area contributed by atoms with E-state index in [0.29, 0.717) is 10.2 Å². The summed E-state index contributed by atoms with van der Waals surface area (Å²) in [6, 6.07) is 36.5. The van der Waals surface area contributed by atoms with Crippen LogP contribution in [0.5, 0.6) is 5.19 Å². The van der Waals surface area contributed by atoms with Crippen molar-refractivity contribution in [3.05, 3.63) is 131 Å². The van der Waals surface area contributed by atoms with Gasteiger partial charge in [-0.25, -0.2) is 10.9 Å². The van der Waals surface area contributed by atoms with Crippen LogP contribution in [0.15, 0.2) is 109 Å². The maximum Gasteiger partial charge on any atom is 0.314 e. The number of hydrogen-bond donors (Lipinski definition) is 2. The number of fused-ring (bicyclic) bond motifs is 1. The molecule has 0 aliphatic carbocycles. The molecule has 5 rings (SSSR count). The van der Waals surface area contributed by atoms with Gasteiger partial charge in [0.2, 0.25) is 0 Å². The number of hydrogen-bond acceptors (Lipinski definition) is 6. The van der Waals surface area contributed by atoms with E-state index in [-0.39, 0.29) is 6.73 Å². The van der Waals surface area contributed by atoms with Gasteiger partial charge in [0, 0.05) is 5.02 Å². The van der Waals surface area contributed by atoms with Gasteiger partial charge in [0.25, 0.3) is 0 Å². The molecule has 5 nitrogen and oxygen atoms in total. The lowest BCUT2D eigenvalue weighted by atomic mass is 9.77. The number of aromatic nitrogens is 1. The Morgan fingerprint density at radius 2 is 1.32 bits per heavy atom. The van der Waals surface area contributed by atoms with E-state index >= 15 is 0 Å². The van der Waals surface area contributed by atoms with E-state index < -0.39 is 5.54 Å². The average Bonchev–Trinajstić information content (AvgIpc) is 3.30. The number of rotatable bonds is 9. The summed E-state index contributed by atoms with van der Waals surface area (Å²) in [5.74, 6) is 0. The standard InChI is InChI=1S/C27H22ClN3O2S/c28-23-16-17-25-24(18-23)30-26(34-25)33-32-19-29-31-27(20-10-4-1-5-11-20,21-12-6-2-7-13-21)22-14-8-3-9-15-22/h1-18,29,31H,19H2. The molecular weight excluding hydrogens is 466 g/mol. The van der Waals surface area contributed by atoms with Crippen LogP contribution in [0.1, 0.15) is 16.7 Å². The smallest absolute Gasteiger partial charge is 0.304 e. The molecule has 0 fully saturated rings. The molecule has 5 aromatic rings. The summed E-state index contributed by atoms with van der Waals surface area (Å²) in [6.45, 7) is 0.0882. The maximum atomic E-state index is 6.04. The number of nitrogens with zero attached hydrogens (tertiary/aromatic N) is 1. The second kappa shape index (κ2) is 10.3. The summed E-state index contributed by atoms with van der Waals surface area (Å²) in [5.41, 5.74) is 10.1. The van der Waals surface area contributed by atoms with Crippen molar-refractivity contribution in [3.8, 4) is 5.19 Å².